The average molecular weight is 254 g/mol. The van der Waals surface area contributed by atoms with Gasteiger partial charge in [0, 0.05) is 18.5 Å². The number of carbonyl (C=O) groups is 1. The van der Waals surface area contributed by atoms with Crippen molar-refractivity contribution in [3.05, 3.63) is 0 Å². The van der Waals surface area contributed by atoms with E-state index in [1.165, 1.54) is 0 Å². The minimum absolute atomic E-state index is 0.189. The Kier molecular flexibility index (Phi) is 4.28. The molecule has 0 aromatic rings. The van der Waals surface area contributed by atoms with Gasteiger partial charge in [-0.1, -0.05) is 13.8 Å². The molecule has 2 aliphatic rings. The number of hydrogen-bond donors (Lipinski definition) is 2. The summed E-state index contributed by atoms with van der Waals surface area (Å²) in [6, 6.07) is 0.363. The number of carbonyl (C=O) groups excluding carboxylic acids is 1. The number of ether oxygens (including phenoxy) is 1. The molecule has 0 spiro atoms. The monoisotopic (exact) mass is 254 g/mol. The van der Waals surface area contributed by atoms with Crippen molar-refractivity contribution in [1.29, 1.82) is 0 Å². The normalized spacial score (nSPS) is 34.1. The van der Waals surface area contributed by atoms with Crippen LogP contribution in [0.3, 0.4) is 0 Å². The lowest BCUT2D eigenvalue weighted by molar-refractivity contribution is -0.123. The van der Waals surface area contributed by atoms with Crippen LogP contribution in [0.2, 0.25) is 0 Å². The molecule has 0 aromatic carbocycles. The summed E-state index contributed by atoms with van der Waals surface area (Å²) in [6.07, 6.45) is 5.61. The zero-order chi connectivity index (χ0) is 13.2. The molecule has 104 valence electrons. The first-order valence-corrected chi connectivity index (χ1v) is 7.14. The first-order chi connectivity index (χ1) is 8.49. The van der Waals surface area contributed by atoms with Gasteiger partial charge in [-0.2, -0.15) is 0 Å². The smallest absolute Gasteiger partial charge is 0.223 e. The van der Waals surface area contributed by atoms with Crippen molar-refractivity contribution in [2.24, 2.45) is 17.1 Å². The van der Waals surface area contributed by atoms with Crippen molar-refractivity contribution in [1.82, 2.24) is 5.32 Å². The third-order valence-corrected chi connectivity index (χ3v) is 4.30. The van der Waals surface area contributed by atoms with Crippen LogP contribution in [0, 0.1) is 11.3 Å². The van der Waals surface area contributed by atoms with Gasteiger partial charge >= 0.3 is 0 Å². The molecule has 1 unspecified atom stereocenters. The van der Waals surface area contributed by atoms with E-state index in [0.717, 1.165) is 32.1 Å². The minimum Gasteiger partial charge on any atom is -0.376 e. The van der Waals surface area contributed by atoms with Gasteiger partial charge in [0.1, 0.15) is 0 Å². The van der Waals surface area contributed by atoms with Gasteiger partial charge in [-0.3, -0.25) is 4.79 Å². The molecule has 0 aromatic heterocycles. The molecule has 0 aliphatic heterocycles. The van der Waals surface area contributed by atoms with Gasteiger partial charge in [0.15, 0.2) is 0 Å². The van der Waals surface area contributed by atoms with E-state index in [9.17, 15) is 4.79 Å². The molecule has 1 atom stereocenters. The van der Waals surface area contributed by atoms with Gasteiger partial charge in [0.05, 0.1) is 12.7 Å². The predicted molar refractivity (Wildman–Crippen MR) is 71.1 cm³/mol. The van der Waals surface area contributed by atoms with E-state index < -0.39 is 0 Å². The maximum atomic E-state index is 11.7. The molecule has 2 rings (SSSR count). The minimum atomic E-state index is 0.189. The Bertz CT molecular complexity index is 296. The van der Waals surface area contributed by atoms with Gasteiger partial charge in [0.2, 0.25) is 5.91 Å². The highest BCUT2D eigenvalue weighted by Gasteiger charge is 2.50. The van der Waals surface area contributed by atoms with E-state index in [0.29, 0.717) is 25.3 Å². The summed E-state index contributed by atoms with van der Waals surface area (Å²) in [7, 11) is 0. The Morgan fingerprint density at radius 2 is 1.94 bits per heavy atom. The van der Waals surface area contributed by atoms with Crippen molar-refractivity contribution in [3.63, 3.8) is 0 Å². The quantitative estimate of drug-likeness (QED) is 0.730. The van der Waals surface area contributed by atoms with Crippen LogP contribution in [0.15, 0.2) is 0 Å². The van der Waals surface area contributed by atoms with Crippen LogP contribution in [0.1, 0.15) is 46.0 Å². The van der Waals surface area contributed by atoms with Crippen LogP contribution in [0.4, 0.5) is 0 Å². The third-order valence-electron chi connectivity index (χ3n) is 4.30. The molecule has 2 saturated carbocycles. The molecular weight excluding hydrogens is 228 g/mol. The second-order valence-corrected chi connectivity index (χ2v) is 6.44. The summed E-state index contributed by atoms with van der Waals surface area (Å²) in [5, 5.41) is 2.96. The Hall–Kier alpha value is -0.610. The zero-order valence-electron chi connectivity index (χ0n) is 11.6. The highest BCUT2D eigenvalue weighted by atomic mass is 16.5. The zero-order valence-corrected chi connectivity index (χ0v) is 11.6. The van der Waals surface area contributed by atoms with E-state index >= 15 is 0 Å². The van der Waals surface area contributed by atoms with E-state index in [-0.39, 0.29) is 17.2 Å². The maximum absolute atomic E-state index is 11.7. The number of amides is 1. The topological polar surface area (TPSA) is 64.3 Å². The third kappa shape index (κ3) is 3.69. The molecule has 4 nitrogen and oxygen atoms in total. The molecule has 1 amide bonds. The Morgan fingerprint density at radius 3 is 2.50 bits per heavy atom. The number of rotatable bonds is 5. The van der Waals surface area contributed by atoms with Crippen LogP contribution in [-0.4, -0.2) is 31.2 Å². The highest BCUT2D eigenvalue weighted by Crippen LogP contribution is 2.51. The SMILES string of the molecule is CC1(C)CC1C(=O)NCCOC1CCC(N)CC1. The van der Waals surface area contributed by atoms with Gasteiger partial charge in [-0.25, -0.2) is 0 Å². The summed E-state index contributed by atoms with van der Waals surface area (Å²) in [4.78, 5) is 11.7. The van der Waals surface area contributed by atoms with Crippen LogP contribution in [0.5, 0.6) is 0 Å². The fourth-order valence-corrected chi connectivity index (χ4v) is 2.69. The summed E-state index contributed by atoms with van der Waals surface area (Å²) in [5.74, 6) is 0.402. The van der Waals surface area contributed by atoms with Crippen LogP contribution in [0.25, 0.3) is 0 Å². The Labute approximate surface area is 110 Å². The average Bonchev–Trinajstić information content (AvgIpc) is 2.96. The first-order valence-electron chi connectivity index (χ1n) is 7.14. The van der Waals surface area contributed by atoms with Crippen molar-refractivity contribution in [2.75, 3.05) is 13.2 Å². The second-order valence-electron chi connectivity index (χ2n) is 6.44. The lowest BCUT2D eigenvalue weighted by Gasteiger charge is -2.26. The Balaban J connectivity index is 1.52. The summed E-state index contributed by atoms with van der Waals surface area (Å²) < 4.78 is 5.76. The summed E-state index contributed by atoms with van der Waals surface area (Å²) in [6.45, 7) is 5.53. The van der Waals surface area contributed by atoms with Gasteiger partial charge in [-0.05, 0) is 37.5 Å². The lowest BCUT2D eigenvalue weighted by atomic mass is 9.94. The second kappa shape index (κ2) is 5.57. The predicted octanol–water partition coefficient (Wildman–Crippen LogP) is 1.44. The van der Waals surface area contributed by atoms with E-state index in [2.05, 4.69) is 19.2 Å². The molecule has 0 saturated heterocycles. The van der Waals surface area contributed by atoms with Crippen molar-refractivity contribution >= 4 is 5.91 Å². The number of hydrogen-bond acceptors (Lipinski definition) is 3. The fourth-order valence-electron chi connectivity index (χ4n) is 2.69. The van der Waals surface area contributed by atoms with Crippen molar-refractivity contribution < 1.29 is 9.53 Å². The maximum Gasteiger partial charge on any atom is 0.223 e. The fraction of sp³-hybridized carbons (Fsp3) is 0.929. The molecular formula is C14H26N2O2. The van der Waals surface area contributed by atoms with Crippen LogP contribution >= 0.6 is 0 Å². The molecule has 0 bridgehead atoms. The number of nitrogens with one attached hydrogen (secondary N) is 1. The largest absolute Gasteiger partial charge is 0.376 e. The molecule has 18 heavy (non-hydrogen) atoms. The van der Waals surface area contributed by atoms with E-state index in [1.807, 2.05) is 0 Å². The summed E-state index contributed by atoms with van der Waals surface area (Å²) >= 11 is 0. The number of nitrogens with two attached hydrogens (primary N) is 1. The highest BCUT2D eigenvalue weighted by molar-refractivity contribution is 5.82. The molecule has 4 heteroatoms. The molecule has 3 N–H and O–H groups in total. The first kappa shape index (κ1) is 13.8. The lowest BCUT2D eigenvalue weighted by Crippen LogP contribution is -2.33. The van der Waals surface area contributed by atoms with Gasteiger partial charge in [0.25, 0.3) is 0 Å². The van der Waals surface area contributed by atoms with Crippen LogP contribution in [-0.2, 0) is 9.53 Å². The Morgan fingerprint density at radius 1 is 1.33 bits per heavy atom. The van der Waals surface area contributed by atoms with E-state index in [1.54, 1.807) is 0 Å². The van der Waals surface area contributed by atoms with E-state index in [4.69, 9.17) is 10.5 Å². The standard InChI is InChI=1S/C14H26N2O2/c1-14(2)9-12(14)13(17)16-7-8-18-11-5-3-10(15)4-6-11/h10-12H,3-9,15H2,1-2H3,(H,16,17). The van der Waals surface area contributed by atoms with Crippen molar-refractivity contribution in [3.8, 4) is 0 Å². The molecule has 0 heterocycles. The van der Waals surface area contributed by atoms with Crippen LogP contribution < -0.4 is 11.1 Å². The molecule has 2 aliphatic carbocycles. The van der Waals surface area contributed by atoms with Crippen molar-refractivity contribution in [2.45, 2.75) is 58.1 Å². The summed E-state index contributed by atoms with van der Waals surface area (Å²) in [5.41, 5.74) is 6.06. The molecule has 0 radical (unpaired) electrons. The molecule has 2 fully saturated rings. The van der Waals surface area contributed by atoms with Gasteiger partial charge < -0.3 is 15.8 Å². The van der Waals surface area contributed by atoms with Gasteiger partial charge in [-0.15, -0.1) is 0 Å².